The lowest BCUT2D eigenvalue weighted by atomic mass is 9.97. The fourth-order valence-electron chi connectivity index (χ4n) is 3.83. The molecule has 0 bridgehead atoms. The molecule has 1 aliphatic rings. The van der Waals surface area contributed by atoms with Crippen molar-refractivity contribution in [2.75, 3.05) is 19.0 Å². The Kier molecular flexibility index (Phi) is 7.88. The van der Waals surface area contributed by atoms with Crippen LogP contribution in [0, 0.1) is 0 Å². The molecule has 7 heteroatoms. The number of hydrogen-bond acceptors (Lipinski definition) is 5. The fourth-order valence-corrected chi connectivity index (χ4v) is 3.83. The molecule has 1 aliphatic carbocycles. The average Bonchev–Trinajstić information content (AvgIpc) is 3.03. The molecule has 1 aromatic heterocycles. The summed E-state index contributed by atoms with van der Waals surface area (Å²) in [7, 11) is 1.53. The number of carbonyl (C=O) groups is 2. The standard InChI is InChI=1S/C23H31N3O4/c1-16(27)18-11-12-20(21(14-18)29-2)30-13-7-10-23(28)24-22-15-19(25-26-22)17-8-5-3-4-6-9-17/h11-12,14-15,17H,3-10,13H2,1-2H3,(H2,24,25,26,28). The number of rotatable bonds is 9. The number of amides is 1. The lowest BCUT2D eigenvalue weighted by Gasteiger charge is -2.11. The predicted octanol–water partition coefficient (Wildman–Crippen LogP) is 4.86. The molecular formula is C23H31N3O4. The zero-order valence-corrected chi connectivity index (χ0v) is 17.8. The van der Waals surface area contributed by atoms with Gasteiger partial charge in [-0.05, 0) is 44.4 Å². The number of aromatic amines is 1. The molecule has 1 saturated carbocycles. The number of ether oxygens (including phenoxy) is 2. The SMILES string of the molecule is COc1cc(C(C)=O)ccc1OCCCC(=O)Nc1cc(C2CCCCCC2)[nH]n1. The molecule has 7 nitrogen and oxygen atoms in total. The van der Waals surface area contributed by atoms with E-state index in [1.807, 2.05) is 6.07 Å². The van der Waals surface area contributed by atoms with Gasteiger partial charge in [0.25, 0.3) is 0 Å². The topological polar surface area (TPSA) is 93.3 Å². The summed E-state index contributed by atoms with van der Waals surface area (Å²) < 4.78 is 11.0. The zero-order chi connectivity index (χ0) is 21.3. The van der Waals surface area contributed by atoms with E-state index in [9.17, 15) is 9.59 Å². The maximum Gasteiger partial charge on any atom is 0.225 e. The Morgan fingerprint density at radius 2 is 1.90 bits per heavy atom. The van der Waals surface area contributed by atoms with E-state index in [0.717, 1.165) is 5.69 Å². The second-order valence-electron chi connectivity index (χ2n) is 7.82. The van der Waals surface area contributed by atoms with E-state index < -0.39 is 0 Å². The van der Waals surface area contributed by atoms with Gasteiger partial charge >= 0.3 is 0 Å². The van der Waals surface area contributed by atoms with Gasteiger partial charge in [-0.3, -0.25) is 14.7 Å². The third-order valence-electron chi connectivity index (χ3n) is 5.54. The molecule has 1 heterocycles. The van der Waals surface area contributed by atoms with Gasteiger partial charge < -0.3 is 14.8 Å². The molecule has 0 radical (unpaired) electrons. The van der Waals surface area contributed by atoms with Crippen molar-refractivity contribution in [1.82, 2.24) is 10.2 Å². The Morgan fingerprint density at radius 3 is 2.60 bits per heavy atom. The van der Waals surface area contributed by atoms with E-state index >= 15 is 0 Å². The highest BCUT2D eigenvalue weighted by Gasteiger charge is 2.17. The summed E-state index contributed by atoms with van der Waals surface area (Å²) in [5.41, 5.74) is 1.69. The first kappa shape index (κ1) is 21.9. The van der Waals surface area contributed by atoms with Gasteiger partial charge in [0.2, 0.25) is 5.91 Å². The Balaban J connectivity index is 1.43. The molecule has 1 fully saturated rings. The molecule has 162 valence electrons. The molecule has 0 saturated heterocycles. The van der Waals surface area contributed by atoms with Crippen LogP contribution in [0.5, 0.6) is 11.5 Å². The maximum absolute atomic E-state index is 12.2. The quantitative estimate of drug-likeness (QED) is 0.348. The molecule has 2 aromatic rings. The van der Waals surface area contributed by atoms with E-state index in [1.165, 1.54) is 52.6 Å². The van der Waals surface area contributed by atoms with E-state index in [1.54, 1.807) is 18.2 Å². The van der Waals surface area contributed by atoms with Crippen LogP contribution in [0.4, 0.5) is 5.82 Å². The van der Waals surface area contributed by atoms with Crippen molar-refractivity contribution < 1.29 is 19.1 Å². The molecule has 0 unspecified atom stereocenters. The van der Waals surface area contributed by atoms with Gasteiger partial charge in [-0.15, -0.1) is 0 Å². The second kappa shape index (κ2) is 10.8. The van der Waals surface area contributed by atoms with Crippen LogP contribution in [0.3, 0.4) is 0 Å². The van der Waals surface area contributed by atoms with Gasteiger partial charge in [-0.25, -0.2) is 0 Å². The van der Waals surface area contributed by atoms with E-state index in [0.29, 0.717) is 48.2 Å². The predicted molar refractivity (Wildman–Crippen MR) is 115 cm³/mol. The average molecular weight is 414 g/mol. The summed E-state index contributed by atoms with van der Waals surface area (Å²) in [6.45, 7) is 1.88. The fraction of sp³-hybridized carbons (Fsp3) is 0.522. The van der Waals surface area contributed by atoms with Crippen LogP contribution in [-0.2, 0) is 4.79 Å². The summed E-state index contributed by atoms with van der Waals surface area (Å²) in [6.07, 6.45) is 8.39. The molecule has 30 heavy (non-hydrogen) atoms. The largest absolute Gasteiger partial charge is 0.493 e. The number of H-pyrrole nitrogens is 1. The molecule has 1 amide bonds. The Bertz CT molecular complexity index is 854. The first-order valence-electron chi connectivity index (χ1n) is 10.7. The lowest BCUT2D eigenvalue weighted by Crippen LogP contribution is -2.13. The first-order valence-corrected chi connectivity index (χ1v) is 10.7. The van der Waals surface area contributed by atoms with Crippen molar-refractivity contribution >= 4 is 17.5 Å². The molecule has 0 aliphatic heterocycles. The number of benzene rings is 1. The van der Waals surface area contributed by atoms with Crippen LogP contribution in [-0.4, -0.2) is 35.6 Å². The number of nitrogens with one attached hydrogen (secondary N) is 2. The van der Waals surface area contributed by atoms with Crippen molar-refractivity contribution in [3.8, 4) is 11.5 Å². The van der Waals surface area contributed by atoms with Gasteiger partial charge in [-0.1, -0.05) is 25.7 Å². The zero-order valence-electron chi connectivity index (χ0n) is 17.8. The number of anilines is 1. The lowest BCUT2D eigenvalue weighted by molar-refractivity contribution is -0.116. The molecule has 3 rings (SSSR count). The smallest absolute Gasteiger partial charge is 0.225 e. The highest BCUT2D eigenvalue weighted by Crippen LogP contribution is 2.31. The minimum Gasteiger partial charge on any atom is -0.493 e. The minimum atomic E-state index is -0.0867. The first-order chi connectivity index (χ1) is 14.6. The monoisotopic (exact) mass is 413 g/mol. The van der Waals surface area contributed by atoms with Crippen LogP contribution >= 0.6 is 0 Å². The van der Waals surface area contributed by atoms with Crippen LogP contribution in [0.25, 0.3) is 0 Å². The molecule has 0 spiro atoms. The number of methoxy groups -OCH3 is 1. The maximum atomic E-state index is 12.2. The van der Waals surface area contributed by atoms with Gasteiger partial charge in [0.1, 0.15) is 0 Å². The Morgan fingerprint density at radius 1 is 1.13 bits per heavy atom. The van der Waals surface area contributed by atoms with Gasteiger partial charge in [0.15, 0.2) is 23.1 Å². The highest BCUT2D eigenvalue weighted by atomic mass is 16.5. The summed E-state index contributed by atoms with van der Waals surface area (Å²) in [4.78, 5) is 23.7. The second-order valence-corrected chi connectivity index (χ2v) is 7.82. The third kappa shape index (κ3) is 6.08. The normalized spacial score (nSPS) is 14.7. The Labute approximate surface area is 177 Å². The van der Waals surface area contributed by atoms with Gasteiger partial charge in [0.05, 0.1) is 13.7 Å². The van der Waals surface area contributed by atoms with Crippen molar-refractivity contribution in [3.05, 3.63) is 35.5 Å². The highest BCUT2D eigenvalue weighted by molar-refractivity contribution is 5.94. The molecular weight excluding hydrogens is 382 g/mol. The number of carbonyl (C=O) groups excluding carboxylic acids is 2. The van der Waals surface area contributed by atoms with Crippen LogP contribution in [0.1, 0.15) is 80.3 Å². The summed E-state index contributed by atoms with van der Waals surface area (Å²) in [5, 5.41) is 10.2. The van der Waals surface area contributed by atoms with Crippen molar-refractivity contribution in [2.24, 2.45) is 0 Å². The van der Waals surface area contributed by atoms with Crippen molar-refractivity contribution in [1.29, 1.82) is 0 Å². The summed E-state index contributed by atoms with van der Waals surface area (Å²) in [6, 6.07) is 7.05. The Hall–Kier alpha value is -2.83. The van der Waals surface area contributed by atoms with Crippen molar-refractivity contribution in [2.45, 2.75) is 64.2 Å². The summed E-state index contributed by atoms with van der Waals surface area (Å²) >= 11 is 0. The molecule has 2 N–H and O–H groups in total. The van der Waals surface area contributed by atoms with Crippen LogP contribution in [0.2, 0.25) is 0 Å². The molecule has 1 aromatic carbocycles. The van der Waals surface area contributed by atoms with Crippen molar-refractivity contribution in [3.63, 3.8) is 0 Å². The number of nitrogens with zero attached hydrogens (tertiary/aromatic N) is 1. The van der Waals surface area contributed by atoms with E-state index in [2.05, 4.69) is 15.5 Å². The molecule has 0 atom stereocenters. The van der Waals surface area contributed by atoms with Crippen LogP contribution in [0.15, 0.2) is 24.3 Å². The van der Waals surface area contributed by atoms with Crippen LogP contribution < -0.4 is 14.8 Å². The number of hydrogen-bond donors (Lipinski definition) is 2. The number of aromatic nitrogens is 2. The van der Waals surface area contributed by atoms with E-state index in [-0.39, 0.29) is 11.7 Å². The van der Waals surface area contributed by atoms with Gasteiger partial charge in [0, 0.05) is 29.7 Å². The third-order valence-corrected chi connectivity index (χ3v) is 5.54. The summed E-state index contributed by atoms with van der Waals surface area (Å²) in [5.74, 6) is 2.05. The minimum absolute atomic E-state index is 0.0305. The van der Waals surface area contributed by atoms with E-state index in [4.69, 9.17) is 9.47 Å². The number of Topliss-reactive ketones (excluding diaryl/α,β-unsaturated/α-hetero) is 1. The van der Waals surface area contributed by atoms with Gasteiger partial charge in [-0.2, -0.15) is 5.10 Å². The number of ketones is 1.